The summed E-state index contributed by atoms with van der Waals surface area (Å²) in [5.74, 6) is 0.661. The second kappa shape index (κ2) is 14.9. The zero-order valence-corrected chi connectivity index (χ0v) is 30.2. The molecule has 3 aromatic heterocycles. The van der Waals surface area contributed by atoms with E-state index in [0.29, 0.717) is 66.9 Å². The Balaban J connectivity index is 0.963. The molecule has 0 radical (unpaired) electrons. The first-order valence-electron chi connectivity index (χ1n) is 17.4. The zero-order chi connectivity index (χ0) is 36.2. The van der Waals surface area contributed by atoms with Gasteiger partial charge in [-0.1, -0.05) is 62.4 Å². The van der Waals surface area contributed by atoms with E-state index in [-0.39, 0.29) is 17.0 Å². The first kappa shape index (κ1) is 34.8. The highest BCUT2D eigenvalue weighted by atomic mass is 32.1. The van der Waals surface area contributed by atoms with Crippen LogP contribution >= 0.6 is 11.3 Å². The summed E-state index contributed by atoms with van der Waals surface area (Å²) >= 11 is 1.44. The average Bonchev–Trinajstić information content (AvgIpc) is 3.55. The van der Waals surface area contributed by atoms with Gasteiger partial charge in [-0.3, -0.25) is 10.1 Å². The van der Waals surface area contributed by atoms with Crippen molar-refractivity contribution in [2.24, 2.45) is 5.41 Å². The molecular formula is C41H40N6O4S. The van der Waals surface area contributed by atoms with E-state index in [2.05, 4.69) is 46.0 Å². The summed E-state index contributed by atoms with van der Waals surface area (Å²) in [6.45, 7) is 8.09. The molecule has 0 spiro atoms. The maximum absolute atomic E-state index is 13.5. The number of para-hydroxylation sites is 1. The number of aromatic carboxylic acids is 1. The Bertz CT molecular complexity index is 2200. The molecule has 0 unspecified atom stereocenters. The fourth-order valence-corrected chi connectivity index (χ4v) is 7.34. The van der Waals surface area contributed by atoms with Crippen LogP contribution in [0.2, 0.25) is 0 Å². The Kier molecular flexibility index (Phi) is 9.95. The molecule has 2 N–H and O–H groups in total. The average molecular weight is 713 g/mol. The van der Waals surface area contributed by atoms with Gasteiger partial charge in [-0.15, -0.1) is 0 Å². The van der Waals surface area contributed by atoms with Gasteiger partial charge in [0.25, 0.3) is 5.91 Å². The van der Waals surface area contributed by atoms with Crippen molar-refractivity contribution in [1.82, 2.24) is 19.9 Å². The number of hydrogen-bond acceptors (Lipinski definition) is 9. The fourth-order valence-electron chi connectivity index (χ4n) is 6.48. The van der Waals surface area contributed by atoms with Crippen molar-refractivity contribution in [2.45, 2.75) is 53.0 Å². The molecule has 264 valence electrons. The van der Waals surface area contributed by atoms with Crippen LogP contribution in [0.5, 0.6) is 5.75 Å². The summed E-state index contributed by atoms with van der Waals surface area (Å²) in [4.78, 5) is 46.1. The molecule has 1 aliphatic heterocycles. The standard InChI is InChI=1S/C41H40N6O4S/c1-41(2,3)22-26-23-42-37(43-24-26)29-13-16-30(17-14-29)51-21-7-9-28-15-18-35(45-36(28)39(49)50)47-20-19-27-8-6-10-31(32(27)25-47)38(48)46-40-44-33-11-4-5-12-34(33)52-40/h4-6,8,10-18,23-24H,7,9,19-22,25H2,1-3H3,(H,49,50)(H,44,46,48). The number of aryl methyl sites for hydroxylation is 1. The molecule has 10 nitrogen and oxygen atoms in total. The van der Waals surface area contributed by atoms with Crippen LogP contribution in [0, 0.1) is 5.41 Å². The van der Waals surface area contributed by atoms with Gasteiger partial charge in [0.2, 0.25) is 0 Å². The van der Waals surface area contributed by atoms with Crippen molar-refractivity contribution in [2.75, 3.05) is 23.4 Å². The number of nitrogens with one attached hydrogen (secondary N) is 1. The molecule has 7 rings (SSSR count). The SMILES string of the molecule is CC(C)(C)Cc1cnc(-c2ccc(OCCCc3ccc(N4CCc5cccc(C(=O)Nc6nc7ccccc7s6)c5C4)nc3C(=O)O)cc2)nc1. The second-order valence-electron chi connectivity index (χ2n) is 14.2. The highest BCUT2D eigenvalue weighted by Gasteiger charge is 2.25. The van der Waals surface area contributed by atoms with Crippen LogP contribution in [-0.4, -0.2) is 50.1 Å². The van der Waals surface area contributed by atoms with Crippen molar-refractivity contribution in [1.29, 1.82) is 0 Å². The lowest BCUT2D eigenvalue weighted by Gasteiger charge is -2.31. The molecule has 0 saturated heterocycles. The number of aromatic nitrogens is 4. The summed E-state index contributed by atoms with van der Waals surface area (Å²) in [6, 6.07) is 24.9. The molecule has 0 saturated carbocycles. The smallest absolute Gasteiger partial charge is 0.354 e. The van der Waals surface area contributed by atoms with Gasteiger partial charge in [-0.2, -0.15) is 0 Å². The van der Waals surface area contributed by atoms with Gasteiger partial charge in [-0.25, -0.2) is 24.7 Å². The molecule has 6 aromatic rings. The molecule has 1 aliphatic rings. The quantitative estimate of drug-likeness (QED) is 0.128. The Hall–Kier alpha value is -5.68. The molecule has 0 atom stereocenters. The minimum Gasteiger partial charge on any atom is -0.494 e. The molecule has 0 aliphatic carbocycles. The summed E-state index contributed by atoms with van der Waals surface area (Å²) in [7, 11) is 0. The summed E-state index contributed by atoms with van der Waals surface area (Å²) in [6.07, 6.45) is 6.52. The largest absolute Gasteiger partial charge is 0.494 e. The van der Waals surface area contributed by atoms with Gasteiger partial charge in [-0.05, 0) is 102 Å². The number of anilines is 2. The van der Waals surface area contributed by atoms with Crippen LogP contribution in [0.3, 0.4) is 0 Å². The van der Waals surface area contributed by atoms with Crippen LogP contribution < -0.4 is 15.0 Å². The highest BCUT2D eigenvalue weighted by Crippen LogP contribution is 2.30. The number of carboxylic acids is 1. The minimum atomic E-state index is -1.07. The first-order valence-corrected chi connectivity index (χ1v) is 18.2. The summed E-state index contributed by atoms with van der Waals surface area (Å²) < 4.78 is 6.98. The maximum atomic E-state index is 13.5. The van der Waals surface area contributed by atoms with Gasteiger partial charge in [0, 0.05) is 36.6 Å². The number of carbonyl (C=O) groups excluding carboxylic acids is 1. The van der Waals surface area contributed by atoms with Gasteiger partial charge in [0.1, 0.15) is 11.6 Å². The third-order valence-corrected chi connectivity index (χ3v) is 9.89. The van der Waals surface area contributed by atoms with E-state index < -0.39 is 5.97 Å². The van der Waals surface area contributed by atoms with Crippen LogP contribution in [0.25, 0.3) is 21.6 Å². The number of rotatable bonds is 11. The van der Waals surface area contributed by atoms with Gasteiger partial charge >= 0.3 is 5.97 Å². The molecule has 11 heteroatoms. The van der Waals surface area contributed by atoms with E-state index in [4.69, 9.17) is 4.74 Å². The zero-order valence-electron chi connectivity index (χ0n) is 29.4. The van der Waals surface area contributed by atoms with E-state index in [0.717, 1.165) is 44.6 Å². The fraction of sp³-hybridized carbons (Fsp3) is 0.268. The Morgan fingerprint density at radius 3 is 2.48 bits per heavy atom. The van der Waals surface area contributed by atoms with Crippen molar-refractivity contribution in [3.8, 4) is 17.1 Å². The highest BCUT2D eigenvalue weighted by molar-refractivity contribution is 7.22. The Labute approximate surface area is 306 Å². The number of nitrogens with zero attached hydrogens (tertiary/aromatic N) is 5. The van der Waals surface area contributed by atoms with Gasteiger partial charge in [0.15, 0.2) is 16.6 Å². The van der Waals surface area contributed by atoms with E-state index in [1.165, 1.54) is 11.3 Å². The van der Waals surface area contributed by atoms with Crippen molar-refractivity contribution in [3.05, 3.63) is 125 Å². The van der Waals surface area contributed by atoms with Crippen LogP contribution in [-0.2, 0) is 25.8 Å². The van der Waals surface area contributed by atoms with Crippen LogP contribution in [0.4, 0.5) is 10.9 Å². The molecule has 52 heavy (non-hydrogen) atoms. The van der Waals surface area contributed by atoms with Crippen LogP contribution in [0.15, 0.2) is 91.3 Å². The molecule has 0 fully saturated rings. The molecule has 3 aromatic carbocycles. The molecule has 1 amide bonds. The minimum absolute atomic E-state index is 0.0306. The second-order valence-corrected chi connectivity index (χ2v) is 15.2. The monoisotopic (exact) mass is 712 g/mol. The topological polar surface area (TPSA) is 130 Å². The maximum Gasteiger partial charge on any atom is 0.354 e. The molecular weight excluding hydrogens is 673 g/mol. The van der Waals surface area contributed by atoms with Crippen LogP contribution in [0.1, 0.15) is 70.3 Å². The Morgan fingerprint density at radius 1 is 0.942 bits per heavy atom. The predicted molar refractivity (Wildman–Crippen MR) is 204 cm³/mol. The van der Waals surface area contributed by atoms with Crippen molar-refractivity contribution in [3.63, 3.8) is 0 Å². The third kappa shape index (κ3) is 8.10. The first-order chi connectivity index (χ1) is 25.1. The summed E-state index contributed by atoms with van der Waals surface area (Å²) in [5, 5.41) is 13.6. The molecule has 0 bridgehead atoms. The lowest BCUT2D eigenvalue weighted by molar-refractivity contribution is 0.0688. The van der Waals surface area contributed by atoms with Gasteiger partial charge < -0.3 is 14.7 Å². The van der Waals surface area contributed by atoms with Gasteiger partial charge in [0.05, 0.1) is 16.8 Å². The number of benzene rings is 3. The van der Waals surface area contributed by atoms with Crippen molar-refractivity contribution < 1.29 is 19.4 Å². The predicted octanol–water partition coefficient (Wildman–Crippen LogP) is 8.26. The number of hydrogen-bond donors (Lipinski definition) is 2. The third-order valence-electron chi connectivity index (χ3n) is 8.93. The molecule has 4 heterocycles. The number of carbonyl (C=O) groups is 2. The van der Waals surface area contributed by atoms with E-state index in [1.807, 2.05) is 96.2 Å². The number of ether oxygens (including phenoxy) is 1. The number of carboxylic acid groups (broad SMARTS) is 1. The Morgan fingerprint density at radius 2 is 1.73 bits per heavy atom. The number of amides is 1. The van der Waals surface area contributed by atoms with E-state index in [1.54, 1.807) is 0 Å². The van der Waals surface area contributed by atoms with Crippen molar-refractivity contribution >= 4 is 44.4 Å². The van der Waals surface area contributed by atoms with E-state index >= 15 is 0 Å². The normalized spacial score (nSPS) is 12.8. The lowest BCUT2D eigenvalue weighted by Crippen LogP contribution is -2.33. The van der Waals surface area contributed by atoms with E-state index in [9.17, 15) is 14.7 Å². The number of thiazole rings is 1. The summed E-state index contributed by atoms with van der Waals surface area (Å²) in [5.41, 5.74) is 6.29. The lowest BCUT2D eigenvalue weighted by atomic mass is 9.89. The number of pyridine rings is 1. The number of fused-ring (bicyclic) bond motifs is 2.